The summed E-state index contributed by atoms with van der Waals surface area (Å²) >= 11 is 0. The molecule has 2 heterocycles. The number of hydrogen-bond acceptors (Lipinski definition) is 3. The molecule has 3 rings (SSSR count). The fraction of sp³-hybridized carbons (Fsp3) is 0.526. The predicted molar refractivity (Wildman–Crippen MR) is 91.0 cm³/mol. The van der Waals surface area contributed by atoms with Gasteiger partial charge in [-0.1, -0.05) is 42.5 Å². The lowest BCUT2D eigenvalue weighted by Gasteiger charge is -2.28. The van der Waals surface area contributed by atoms with Crippen LogP contribution in [0.15, 0.2) is 42.5 Å². The maximum atomic E-state index is 12.7. The molecule has 23 heavy (non-hydrogen) atoms. The van der Waals surface area contributed by atoms with Gasteiger partial charge in [0.2, 0.25) is 5.91 Å². The summed E-state index contributed by atoms with van der Waals surface area (Å²) in [7, 11) is 2.12. The molecule has 1 amide bonds. The topological polar surface area (TPSA) is 41.6 Å². The predicted octanol–water partition coefficient (Wildman–Crippen LogP) is 2.53. The molecular formula is C19H26N2O2. The Morgan fingerprint density at radius 1 is 1.30 bits per heavy atom. The van der Waals surface area contributed by atoms with E-state index in [-0.39, 0.29) is 30.0 Å². The molecule has 1 N–H and O–H groups in total. The van der Waals surface area contributed by atoms with Gasteiger partial charge in [0.1, 0.15) is 0 Å². The van der Waals surface area contributed by atoms with Crippen molar-refractivity contribution in [3.63, 3.8) is 0 Å². The Balaban J connectivity index is 1.71. The second-order valence-corrected chi connectivity index (χ2v) is 6.77. The largest absolute Gasteiger partial charge is 0.373 e. The van der Waals surface area contributed by atoms with Crippen LogP contribution in [0, 0.1) is 5.92 Å². The molecule has 0 bridgehead atoms. The van der Waals surface area contributed by atoms with Crippen molar-refractivity contribution in [1.29, 1.82) is 0 Å². The van der Waals surface area contributed by atoms with Gasteiger partial charge in [0.15, 0.2) is 0 Å². The molecule has 124 valence electrons. The van der Waals surface area contributed by atoms with Gasteiger partial charge < -0.3 is 10.1 Å². The van der Waals surface area contributed by atoms with Gasteiger partial charge in [-0.15, -0.1) is 0 Å². The molecule has 1 aromatic carbocycles. The third-order valence-corrected chi connectivity index (χ3v) is 5.03. The lowest BCUT2D eigenvalue weighted by molar-refractivity contribution is -0.127. The number of nitrogens with zero attached hydrogens (tertiary/aromatic N) is 1. The summed E-state index contributed by atoms with van der Waals surface area (Å²) in [5, 5.41) is 3.28. The Hall–Kier alpha value is -1.65. The number of ether oxygens (including phenoxy) is 1. The smallest absolute Gasteiger partial charge is 0.226 e. The third kappa shape index (κ3) is 3.33. The fourth-order valence-corrected chi connectivity index (χ4v) is 3.87. The van der Waals surface area contributed by atoms with Crippen molar-refractivity contribution in [1.82, 2.24) is 10.2 Å². The van der Waals surface area contributed by atoms with Crippen LogP contribution in [0.3, 0.4) is 0 Å². The van der Waals surface area contributed by atoms with E-state index in [1.165, 1.54) is 5.56 Å². The van der Waals surface area contributed by atoms with Crippen LogP contribution in [0.4, 0.5) is 0 Å². The number of carbonyl (C=O) groups excluding carboxylic acids is 1. The molecule has 0 aliphatic carbocycles. The number of amides is 1. The molecule has 0 aromatic heterocycles. The Bertz CT molecular complexity index is 572. The summed E-state index contributed by atoms with van der Waals surface area (Å²) < 4.78 is 5.67. The van der Waals surface area contributed by atoms with Crippen LogP contribution in [-0.4, -0.2) is 43.2 Å². The molecule has 0 saturated carbocycles. The molecule has 2 fully saturated rings. The standard InChI is InChI=1S/C19H26N2O2/c1-13(2)18-15(10-12-23-18)19(22)20-16-9-11-21(3)17(16)14-7-5-4-6-8-14/h4-8,15-18H,1,9-12H2,2-3H3,(H,20,22)/t15-,16+,17-,18-/m1/s1. The number of benzene rings is 1. The monoisotopic (exact) mass is 314 g/mol. The Morgan fingerprint density at radius 2 is 2.04 bits per heavy atom. The Kier molecular flexibility index (Phi) is 4.83. The van der Waals surface area contributed by atoms with Gasteiger partial charge >= 0.3 is 0 Å². The molecule has 2 aliphatic heterocycles. The number of likely N-dealkylation sites (tertiary alicyclic amines) is 1. The molecule has 4 heteroatoms. The van der Waals surface area contributed by atoms with Crippen LogP contribution < -0.4 is 5.32 Å². The molecule has 1 aromatic rings. The number of carbonyl (C=O) groups is 1. The molecule has 0 radical (unpaired) electrons. The number of hydrogen-bond donors (Lipinski definition) is 1. The van der Waals surface area contributed by atoms with Crippen molar-refractivity contribution < 1.29 is 9.53 Å². The van der Waals surface area contributed by atoms with Gasteiger partial charge in [-0.25, -0.2) is 0 Å². The maximum absolute atomic E-state index is 12.7. The van der Waals surface area contributed by atoms with Gasteiger partial charge in [0, 0.05) is 19.2 Å². The van der Waals surface area contributed by atoms with Crippen molar-refractivity contribution in [2.45, 2.75) is 38.0 Å². The third-order valence-electron chi connectivity index (χ3n) is 5.03. The second-order valence-electron chi connectivity index (χ2n) is 6.77. The van der Waals surface area contributed by atoms with Crippen molar-refractivity contribution >= 4 is 5.91 Å². The van der Waals surface area contributed by atoms with E-state index in [4.69, 9.17) is 4.74 Å². The molecule has 2 aliphatic rings. The SMILES string of the molecule is C=C(C)[C@H]1OCC[C@H]1C(=O)N[C@H]1CCN(C)[C@@H]1c1ccccc1. The van der Waals surface area contributed by atoms with Gasteiger partial charge in [-0.05, 0) is 32.4 Å². The van der Waals surface area contributed by atoms with E-state index < -0.39 is 0 Å². The zero-order chi connectivity index (χ0) is 16.4. The second kappa shape index (κ2) is 6.85. The Labute approximate surface area is 138 Å². The molecule has 0 unspecified atom stereocenters. The highest BCUT2D eigenvalue weighted by atomic mass is 16.5. The molecule has 2 saturated heterocycles. The summed E-state index contributed by atoms with van der Waals surface area (Å²) in [6.45, 7) is 7.54. The van der Waals surface area contributed by atoms with E-state index in [9.17, 15) is 4.79 Å². The number of likely N-dealkylation sites (N-methyl/N-ethyl adjacent to an activating group) is 1. The first-order chi connectivity index (χ1) is 11.1. The quantitative estimate of drug-likeness (QED) is 0.868. The number of nitrogens with one attached hydrogen (secondary N) is 1. The van der Waals surface area contributed by atoms with Gasteiger partial charge in [-0.3, -0.25) is 9.69 Å². The van der Waals surface area contributed by atoms with E-state index in [1.807, 2.05) is 13.0 Å². The zero-order valence-corrected chi connectivity index (χ0v) is 14.0. The lowest BCUT2D eigenvalue weighted by Crippen LogP contribution is -2.44. The van der Waals surface area contributed by atoms with Gasteiger partial charge in [-0.2, -0.15) is 0 Å². The summed E-state index contributed by atoms with van der Waals surface area (Å²) in [6, 6.07) is 10.8. The average molecular weight is 314 g/mol. The number of rotatable bonds is 4. The van der Waals surface area contributed by atoms with Gasteiger partial charge in [0.25, 0.3) is 0 Å². The highest BCUT2D eigenvalue weighted by molar-refractivity contribution is 5.80. The maximum Gasteiger partial charge on any atom is 0.226 e. The van der Waals surface area contributed by atoms with Gasteiger partial charge in [0.05, 0.1) is 18.1 Å². The summed E-state index contributed by atoms with van der Waals surface area (Å²) in [4.78, 5) is 15.1. The average Bonchev–Trinajstić information content (AvgIpc) is 3.15. The van der Waals surface area contributed by atoms with Crippen LogP contribution in [0.2, 0.25) is 0 Å². The van der Waals surface area contributed by atoms with Crippen molar-refractivity contribution in [2.24, 2.45) is 5.92 Å². The highest BCUT2D eigenvalue weighted by Crippen LogP contribution is 2.32. The van der Waals surface area contributed by atoms with Crippen molar-refractivity contribution in [3.05, 3.63) is 48.0 Å². The van der Waals surface area contributed by atoms with E-state index in [2.05, 4.69) is 48.1 Å². The zero-order valence-electron chi connectivity index (χ0n) is 14.0. The molecule has 0 spiro atoms. The first-order valence-electron chi connectivity index (χ1n) is 8.40. The minimum atomic E-state index is -0.135. The summed E-state index contributed by atoms with van der Waals surface area (Å²) in [5.74, 6) is 0.00607. The van der Waals surface area contributed by atoms with Crippen LogP contribution in [0.5, 0.6) is 0 Å². The van der Waals surface area contributed by atoms with Crippen LogP contribution in [0.25, 0.3) is 0 Å². The summed E-state index contributed by atoms with van der Waals surface area (Å²) in [5.41, 5.74) is 2.20. The molecular weight excluding hydrogens is 288 g/mol. The van der Waals surface area contributed by atoms with Crippen LogP contribution >= 0.6 is 0 Å². The van der Waals surface area contributed by atoms with Crippen LogP contribution in [0.1, 0.15) is 31.4 Å². The first-order valence-corrected chi connectivity index (χ1v) is 8.40. The van der Waals surface area contributed by atoms with E-state index >= 15 is 0 Å². The summed E-state index contributed by atoms with van der Waals surface area (Å²) in [6.07, 6.45) is 1.62. The fourth-order valence-electron chi connectivity index (χ4n) is 3.87. The first kappa shape index (κ1) is 16.2. The Morgan fingerprint density at radius 3 is 2.74 bits per heavy atom. The van der Waals surface area contributed by atoms with Crippen molar-refractivity contribution in [2.75, 3.05) is 20.2 Å². The highest BCUT2D eigenvalue weighted by Gasteiger charge is 2.39. The van der Waals surface area contributed by atoms with Crippen molar-refractivity contribution in [3.8, 4) is 0 Å². The van der Waals surface area contributed by atoms with E-state index in [1.54, 1.807) is 0 Å². The van der Waals surface area contributed by atoms with Crippen LogP contribution in [-0.2, 0) is 9.53 Å². The lowest BCUT2D eigenvalue weighted by atomic mass is 9.94. The minimum absolute atomic E-state index is 0.102. The van der Waals surface area contributed by atoms with E-state index in [0.717, 1.165) is 25.0 Å². The van der Waals surface area contributed by atoms with E-state index in [0.29, 0.717) is 6.61 Å². The minimum Gasteiger partial charge on any atom is -0.373 e. The molecule has 4 nitrogen and oxygen atoms in total. The molecule has 4 atom stereocenters. The normalized spacial score (nSPS) is 31.2.